The minimum atomic E-state index is -0.108. The van der Waals surface area contributed by atoms with E-state index in [4.69, 9.17) is 4.74 Å². The molecular weight excluding hydrogens is 252 g/mol. The van der Waals surface area contributed by atoms with Crippen LogP contribution in [0.2, 0.25) is 0 Å². The van der Waals surface area contributed by atoms with Gasteiger partial charge in [0, 0.05) is 32.2 Å². The first-order valence-electron chi connectivity index (χ1n) is 7.86. The molecule has 2 atom stereocenters. The summed E-state index contributed by atoms with van der Waals surface area (Å²) in [5.74, 6) is 0.627. The summed E-state index contributed by atoms with van der Waals surface area (Å²) in [5.41, 5.74) is 0.315. The lowest BCUT2D eigenvalue weighted by molar-refractivity contribution is -0.141. The summed E-state index contributed by atoms with van der Waals surface area (Å²) in [6.45, 7) is 13.1. The quantitative estimate of drug-likeness (QED) is 0.760. The second-order valence-electron chi connectivity index (χ2n) is 7.23. The number of carbonyl (C=O) groups excluding carboxylic acids is 1. The highest BCUT2D eigenvalue weighted by atomic mass is 16.5. The number of hydrogen-bond acceptors (Lipinski definition) is 4. The third kappa shape index (κ3) is 6.71. The van der Waals surface area contributed by atoms with Crippen LogP contribution in [0.4, 0.5) is 0 Å². The molecule has 1 heterocycles. The van der Waals surface area contributed by atoms with Gasteiger partial charge in [0.2, 0.25) is 0 Å². The fourth-order valence-corrected chi connectivity index (χ4v) is 2.73. The zero-order chi connectivity index (χ0) is 15.2. The number of likely N-dealkylation sites (tertiary alicyclic amines) is 1. The van der Waals surface area contributed by atoms with Crippen LogP contribution in [-0.4, -0.2) is 50.2 Å². The predicted octanol–water partition coefficient (Wildman–Crippen LogP) is 2.29. The molecule has 0 aromatic heterocycles. The third-order valence-corrected chi connectivity index (χ3v) is 3.97. The third-order valence-electron chi connectivity index (χ3n) is 3.97. The Hall–Kier alpha value is -0.610. The van der Waals surface area contributed by atoms with Gasteiger partial charge in [-0.15, -0.1) is 0 Å². The molecule has 0 aromatic rings. The molecule has 1 N–H and O–H groups in total. The molecule has 1 aliphatic heterocycles. The van der Waals surface area contributed by atoms with Gasteiger partial charge in [-0.05, 0) is 17.8 Å². The van der Waals surface area contributed by atoms with Crippen molar-refractivity contribution in [3.05, 3.63) is 0 Å². The van der Waals surface area contributed by atoms with Crippen LogP contribution in [0.25, 0.3) is 0 Å². The van der Waals surface area contributed by atoms with Crippen molar-refractivity contribution in [2.45, 2.75) is 53.0 Å². The van der Waals surface area contributed by atoms with E-state index in [0.29, 0.717) is 17.9 Å². The summed E-state index contributed by atoms with van der Waals surface area (Å²) in [6, 6.07) is 0.547. The molecule has 0 aliphatic carbocycles. The standard InChI is InChI=1S/C16H32N2O2/c1-6-13-9-14(17-12-16(2,3)4)11-18(10-13)8-7-15(19)20-5/h13-14,17H,6-12H2,1-5H3. The van der Waals surface area contributed by atoms with Crippen molar-refractivity contribution in [2.75, 3.05) is 33.3 Å². The van der Waals surface area contributed by atoms with Crippen molar-refractivity contribution in [1.29, 1.82) is 0 Å². The molecule has 1 fully saturated rings. The predicted molar refractivity (Wildman–Crippen MR) is 82.7 cm³/mol. The first kappa shape index (κ1) is 17.4. The topological polar surface area (TPSA) is 41.6 Å². The number of ether oxygens (including phenoxy) is 1. The molecule has 1 saturated heterocycles. The summed E-state index contributed by atoms with van der Waals surface area (Å²) in [7, 11) is 1.46. The van der Waals surface area contributed by atoms with Gasteiger partial charge in [-0.2, -0.15) is 0 Å². The molecule has 2 unspecified atom stereocenters. The Morgan fingerprint density at radius 2 is 2.05 bits per heavy atom. The Morgan fingerprint density at radius 1 is 1.35 bits per heavy atom. The van der Waals surface area contributed by atoms with Crippen LogP contribution in [0.1, 0.15) is 47.0 Å². The average molecular weight is 284 g/mol. The number of hydrogen-bond donors (Lipinski definition) is 1. The largest absolute Gasteiger partial charge is 0.469 e. The van der Waals surface area contributed by atoms with Crippen molar-refractivity contribution >= 4 is 5.97 Å². The molecule has 0 saturated carbocycles. The van der Waals surface area contributed by atoms with Crippen molar-refractivity contribution in [2.24, 2.45) is 11.3 Å². The molecule has 0 radical (unpaired) electrons. The first-order valence-corrected chi connectivity index (χ1v) is 7.86. The molecule has 0 spiro atoms. The fourth-order valence-electron chi connectivity index (χ4n) is 2.73. The van der Waals surface area contributed by atoms with E-state index in [0.717, 1.165) is 32.1 Å². The van der Waals surface area contributed by atoms with Crippen LogP contribution in [0.15, 0.2) is 0 Å². The summed E-state index contributed by atoms with van der Waals surface area (Å²) in [4.78, 5) is 13.7. The number of methoxy groups -OCH3 is 1. The Balaban J connectivity index is 2.45. The SMILES string of the molecule is CCC1CC(NCC(C)(C)C)CN(CCC(=O)OC)C1. The number of carbonyl (C=O) groups is 1. The van der Waals surface area contributed by atoms with Crippen LogP contribution in [0, 0.1) is 11.3 Å². The van der Waals surface area contributed by atoms with Gasteiger partial charge >= 0.3 is 5.97 Å². The van der Waals surface area contributed by atoms with Crippen molar-refractivity contribution in [1.82, 2.24) is 10.2 Å². The second-order valence-corrected chi connectivity index (χ2v) is 7.23. The normalized spacial score (nSPS) is 24.6. The Morgan fingerprint density at radius 3 is 2.60 bits per heavy atom. The van der Waals surface area contributed by atoms with Gasteiger partial charge < -0.3 is 15.0 Å². The van der Waals surface area contributed by atoms with Crippen molar-refractivity contribution < 1.29 is 9.53 Å². The van der Waals surface area contributed by atoms with E-state index in [1.165, 1.54) is 20.0 Å². The van der Waals surface area contributed by atoms with Crippen LogP contribution in [0.5, 0.6) is 0 Å². The van der Waals surface area contributed by atoms with E-state index in [-0.39, 0.29) is 5.97 Å². The lowest BCUT2D eigenvalue weighted by Gasteiger charge is -2.39. The molecular formula is C16H32N2O2. The zero-order valence-electron chi connectivity index (χ0n) is 13.9. The number of rotatable bonds is 6. The molecule has 0 aromatic carbocycles. The van der Waals surface area contributed by atoms with Gasteiger partial charge in [0.15, 0.2) is 0 Å². The van der Waals surface area contributed by atoms with Crippen LogP contribution < -0.4 is 5.32 Å². The van der Waals surface area contributed by atoms with E-state index in [1.54, 1.807) is 0 Å². The summed E-state index contributed by atoms with van der Waals surface area (Å²) >= 11 is 0. The smallest absolute Gasteiger partial charge is 0.306 e. The maximum atomic E-state index is 11.3. The van der Waals surface area contributed by atoms with E-state index in [2.05, 4.69) is 37.9 Å². The lowest BCUT2D eigenvalue weighted by Crippen LogP contribution is -2.51. The highest BCUT2D eigenvalue weighted by Crippen LogP contribution is 2.21. The second kappa shape index (κ2) is 7.99. The van der Waals surface area contributed by atoms with Crippen molar-refractivity contribution in [3.63, 3.8) is 0 Å². The Kier molecular flexibility index (Phi) is 6.96. The maximum Gasteiger partial charge on any atom is 0.306 e. The monoisotopic (exact) mass is 284 g/mol. The molecule has 1 rings (SSSR count). The van der Waals surface area contributed by atoms with E-state index < -0.39 is 0 Å². The van der Waals surface area contributed by atoms with Gasteiger partial charge in [0.1, 0.15) is 0 Å². The van der Waals surface area contributed by atoms with Crippen LogP contribution >= 0.6 is 0 Å². The fraction of sp³-hybridized carbons (Fsp3) is 0.938. The minimum absolute atomic E-state index is 0.108. The molecule has 0 bridgehead atoms. The number of nitrogens with zero attached hydrogens (tertiary/aromatic N) is 1. The lowest BCUT2D eigenvalue weighted by atomic mass is 9.90. The van der Waals surface area contributed by atoms with Crippen LogP contribution in [0.3, 0.4) is 0 Å². The van der Waals surface area contributed by atoms with E-state index >= 15 is 0 Å². The van der Waals surface area contributed by atoms with Gasteiger partial charge in [0.25, 0.3) is 0 Å². The summed E-state index contributed by atoms with van der Waals surface area (Å²) in [6.07, 6.45) is 2.96. The maximum absolute atomic E-state index is 11.3. The van der Waals surface area contributed by atoms with Gasteiger partial charge in [0.05, 0.1) is 13.5 Å². The molecule has 118 valence electrons. The number of esters is 1. The average Bonchev–Trinajstić information content (AvgIpc) is 2.41. The van der Waals surface area contributed by atoms with E-state index in [1.807, 2.05) is 0 Å². The van der Waals surface area contributed by atoms with Gasteiger partial charge in [-0.1, -0.05) is 34.1 Å². The van der Waals surface area contributed by atoms with E-state index in [9.17, 15) is 4.79 Å². The Labute approximate surface area is 124 Å². The first-order chi connectivity index (χ1) is 9.34. The highest BCUT2D eigenvalue weighted by molar-refractivity contribution is 5.69. The summed E-state index contributed by atoms with van der Waals surface area (Å²) < 4.78 is 4.73. The molecule has 4 heteroatoms. The number of nitrogens with one attached hydrogen (secondary N) is 1. The zero-order valence-corrected chi connectivity index (χ0v) is 13.9. The highest BCUT2D eigenvalue weighted by Gasteiger charge is 2.27. The van der Waals surface area contributed by atoms with Crippen molar-refractivity contribution in [3.8, 4) is 0 Å². The number of piperidine rings is 1. The van der Waals surface area contributed by atoms with Gasteiger partial charge in [-0.25, -0.2) is 0 Å². The molecule has 20 heavy (non-hydrogen) atoms. The molecule has 1 aliphatic rings. The minimum Gasteiger partial charge on any atom is -0.469 e. The van der Waals surface area contributed by atoms with Crippen LogP contribution in [-0.2, 0) is 9.53 Å². The molecule has 0 amide bonds. The summed E-state index contributed by atoms with van der Waals surface area (Å²) in [5, 5.41) is 3.70. The Bertz CT molecular complexity index is 299. The molecule has 4 nitrogen and oxygen atoms in total. The van der Waals surface area contributed by atoms with Gasteiger partial charge in [-0.3, -0.25) is 4.79 Å².